The second-order valence-corrected chi connectivity index (χ2v) is 10.1. The Bertz CT molecular complexity index is 1370. The highest BCUT2D eigenvalue weighted by molar-refractivity contribution is 5.97. The van der Waals surface area contributed by atoms with E-state index in [-0.39, 0.29) is 23.9 Å². The van der Waals surface area contributed by atoms with Crippen molar-refractivity contribution in [3.05, 3.63) is 47.5 Å². The predicted octanol–water partition coefficient (Wildman–Crippen LogP) is 6.71. The third-order valence-electron chi connectivity index (χ3n) is 5.89. The number of amides is 1. The summed E-state index contributed by atoms with van der Waals surface area (Å²) >= 11 is 0. The number of alkyl halides is 12. The van der Waals surface area contributed by atoms with Crippen LogP contribution in [0.25, 0.3) is 0 Å². The van der Waals surface area contributed by atoms with Gasteiger partial charge in [-0.2, -0.15) is 52.7 Å². The monoisotopic (exact) mass is 732 g/mol. The number of rotatable bonds is 12. The summed E-state index contributed by atoms with van der Waals surface area (Å²) in [4.78, 5) is 23.3. The normalized spacial score (nSPS) is 15.4. The molecule has 3 rings (SSSR count). The quantitative estimate of drug-likeness (QED) is 0.207. The van der Waals surface area contributed by atoms with Gasteiger partial charge in [0.2, 0.25) is 0 Å². The maximum Gasteiger partial charge on any atom is 0.422 e. The Labute approximate surface area is 269 Å². The lowest BCUT2D eigenvalue weighted by molar-refractivity contribution is -0.154. The second-order valence-electron chi connectivity index (χ2n) is 10.1. The van der Waals surface area contributed by atoms with E-state index in [9.17, 15) is 62.3 Å². The highest BCUT2D eigenvalue weighted by Gasteiger charge is 2.32. The number of aromatic carboxylic acids is 1. The molecule has 0 aromatic heterocycles. The van der Waals surface area contributed by atoms with Gasteiger partial charge in [-0.15, -0.1) is 0 Å². The third kappa shape index (κ3) is 17.1. The molecule has 1 fully saturated rings. The van der Waals surface area contributed by atoms with E-state index in [4.69, 9.17) is 5.11 Å². The van der Waals surface area contributed by atoms with E-state index in [1.54, 1.807) is 0 Å². The van der Waals surface area contributed by atoms with Crippen LogP contribution in [0, 0.1) is 0 Å². The van der Waals surface area contributed by atoms with Crippen LogP contribution in [0.2, 0.25) is 0 Å². The van der Waals surface area contributed by atoms with Gasteiger partial charge < -0.3 is 34.7 Å². The number of carbonyl (C=O) groups is 2. The van der Waals surface area contributed by atoms with Gasteiger partial charge in [0, 0.05) is 12.6 Å². The molecule has 9 nitrogen and oxygen atoms in total. The van der Waals surface area contributed by atoms with Crippen LogP contribution in [-0.4, -0.2) is 87.2 Å². The van der Waals surface area contributed by atoms with Crippen molar-refractivity contribution in [1.29, 1.82) is 0 Å². The first-order valence-corrected chi connectivity index (χ1v) is 13.8. The number of carboxylic acid groups (broad SMARTS) is 1. The van der Waals surface area contributed by atoms with Crippen molar-refractivity contribution >= 4 is 11.9 Å². The zero-order valence-corrected chi connectivity index (χ0v) is 24.8. The Morgan fingerprint density at radius 3 is 1.51 bits per heavy atom. The minimum Gasteiger partial charge on any atom is -0.484 e. The Kier molecular flexibility index (Phi) is 14.5. The number of benzene rings is 2. The summed E-state index contributed by atoms with van der Waals surface area (Å²) < 4.78 is 164. The molecule has 0 bridgehead atoms. The summed E-state index contributed by atoms with van der Waals surface area (Å²) in [5.41, 5.74) is -1.07. The zero-order chi connectivity index (χ0) is 37.0. The van der Waals surface area contributed by atoms with E-state index in [0.29, 0.717) is 6.07 Å². The number of carboxylic acids is 1. The standard InChI is InChI=1S/C17H20F6N2O3.C11H8F6O4/c18-16(19,20)9-27-12-4-5-14(28-10-17(21,22)23)13(7-12)15(26)25-8-11-3-1-2-6-24-11;12-10(13,14)4-20-6-1-2-8(7(3-6)9(18)19)21-5-11(15,16)17/h4-5,7,11,24H,1-3,6,8-10H2,(H,25,26);1-3H,4-5H2,(H,18,19). The van der Waals surface area contributed by atoms with Gasteiger partial charge in [0.15, 0.2) is 26.4 Å². The maximum atomic E-state index is 12.4. The molecule has 1 atom stereocenters. The molecule has 2 aromatic rings. The molecule has 49 heavy (non-hydrogen) atoms. The van der Waals surface area contributed by atoms with E-state index in [1.807, 2.05) is 0 Å². The van der Waals surface area contributed by atoms with Gasteiger partial charge in [-0.1, -0.05) is 6.42 Å². The average molecular weight is 733 g/mol. The fourth-order valence-electron chi connectivity index (χ4n) is 3.85. The molecule has 1 aliphatic rings. The van der Waals surface area contributed by atoms with Gasteiger partial charge in [0.25, 0.3) is 5.91 Å². The maximum absolute atomic E-state index is 12.4. The predicted molar refractivity (Wildman–Crippen MR) is 144 cm³/mol. The van der Waals surface area contributed by atoms with Crippen LogP contribution >= 0.6 is 0 Å². The van der Waals surface area contributed by atoms with Crippen molar-refractivity contribution in [2.24, 2.45) is 0 Å². The minimum absolute atomic E-state index is 0.0157. The lowest BCUT2D eigenvalue weighted by Crippen LogP contribution is -2.43. The lowest BCUT2D eigenvalue weighted by Gasteiger charge is -2.24. The van der Waals surface area contributed by atoms with E-state index >= 15 is 0 Å². The fraction of sp³-hybridized carbons (Fsp3) is 0.500. The molecule has 3 N–H and O–H groups in total. The Morgan fingerprint density at radius 1 is 0.673 bits per heavy atom. The average Bonchev–Trinajstić information content (AvgIpc) is 2.99. The van der Waals surface area contributed by atoms with Crippen LogP contribution in [0.5, 0.6) is 23.0 Å². The van der Waals surface area contributed by atoms with Crippen LogP contribution in [-0.2, 0) is 0 Å². The lowest BCUT2D eigenvalue weighted by atomic mass is 10.0. The van der Waals surface area contributed by atoms with Crippen molar-refractivity contribution in [3.63, 3.8) is 0 Å². The van der Waals surface area contributed by atoms with Gasteiger partial charge in [-0.25, -0.2) is 4.79 Å². The van der Waals surface area contributed by atoms with Crippen LogP contribution < -0.4 is 29.6 Å². The van der Waals surface area contributed by atoms with Crippen LogP contribution in [0.4, 0.5) is 52.7 Å². The highest BCUT2D eigenvalue weighted by atomic mass is 19.4. The van der Waals surface area contributed by atoms with Crippen LogP contribution in [0.1, 0.15) is 40.0 Å². The molecule has 2 aromatic carbocycles. The summed E-state index contributed by atoms with van der Waals surface area (Å²) in [5.74, 6) is -4.21. The summed E-state index contributed by atoms with van der Waals surface area (Å²) in [6, 6.07) is 5.26. The van der Waals surface area contributed by atoms with Crippen molar-refractivity contribution in [2.45, 2.75) is 50.0 Å². The topological polar surface area (TPSA) is 115 Å². The van der Waals surface area contributed by atoms with Gasteiger partial charge in [-0.05, 0) is 55.8 Å². The summed E-state index contributed by atoms with van der Waals surface area (Å²) in [6.07, 6.45) is -15.7. The second kappa shape index (κ2) is 17.4. The minimum atomic E-state index is -4.68. The number of nitrogens with one attached hydrogen (secondary N) is 2. The molecule has 21 heteroatoms. The molecule has 0 radical (unpaired) electrons. The zero-order valence-electron chi connectivity index (χ0n) is 24.8. The van der Waals surface area contributed by atoms with Crippen molar-refractivity contribution in [1.82, 2.24) is 10.6 Å². The number of ether oxygens (including phenoxy) is 4. The van der Waals surface area contributed by atoms with E-state index in [0.717, 1.165) is 56.1 Å². The molecule has 1 heterocycles. The molecule has 0 saturated carbocycles. The molecule has 0 spiro atoms. The highest BCUT2D eigenvalue weighted by Crippen LogP contribution is 2.29. The van der Waals surface area contributed by atoms with Crippen molar-refractivity contribution in [3.8, 4) is 23.0 Å². The van der Waals surface area contributed by atoms with Gasteiger partial charge >= 0.3 is 30.7 Å². The summed E-state index contributed by atoms with van der Waals surface area (Å²) in [7, 11) is 0. The largest absolute Gasteiger partial charge is 0.484 e. The third-order valence-corrected chi connectivity index (χ3v) is 5.89. The summed E-state index contributed by atoms with van der Waals surface area (Å²) in [5, 5.41) is 14.6. The molecule has 0 aliphatic carbocycles. The van der Waals surface area contributed by atoms with E-state index in [2.05, 4.69) is 29.6 Å². The van der Waals surface area contributed by atoms with Crippen molar-refractivity contribution in [2.75, 3.05) is 39.5 Å². The van der Waals surface area contributed by atoms with Gasteiger partial charge in [-0.3, -0.25) is 4.79 Å². The first-order chi connectivity index (χ1) is 22.5. The fourth-order valence-corrected chi connectivity index (χ4v) is 3.85. The molecule has 1 saturated heterocycles. The Hall–Kier alpha value is -4.30. The van der Waals surface area contributed by atoms with Crippen molar-refractivity contribution < 1.29 is 86.3 Å². The molecule has 1 amide bonds. The molecule has 1 unspecified atom stereocenters. The Morgan fingerprint density at radius 2 is 1.10 bits per heavy atom. The number of carbonyl (C=O) groups excluding carboxylic acids is 1. The van der Waals surface area contributed by atoms with E-state index < -0.39 is 85.8 Å². The first-order valence-electron chi connectivity index (χ1n) is 13.8. The number of hydrogen-bond donors (Lipinski definition) is 3. The number of hydrogen-bond acceptors (Lipinski definition) is 7. The Balaban J connectivity index is 0.000000355. The van der Waals surface area contributed by atoms with Crippen LogP contribution in [0.15, 0.2) is 36.4 Å². The molecule has 276 valence electrons. The number of halogens is 12. The smallest absolute Gasteiger partial charge is 0.422 e. The van der Waals surface area contributed by atoms with Gasteiger partial charge in [0.1, 0.15) is 28.6 Å². The van der Waals surface area contributed by atoms with Crippen LogP contribution in [0.3, 0.4) is 0 Å². The molecule has 1 aliphatic heterocycles. The SMILES string of the molecule is O=C(NCC1CCCCN1)c1cc(OCC(F)(F)F)ccc1OCC(F)(F)F.O=C(O)c1cc(OCC(F)(F)F)ccc1OCC(F)(F)F. The molecular weight excluding hydrogens is 704 g/mol. The molecular formula is C28H28F12N2O7. The van der Waals surface area contributed by atoms with Gasteiger partial charge in [0.05, 0.1) is 5.56 Å². The number of piperidine rings is 1. The summed E-state index contributed by atoms with van der Waals surface area (Å²) in [6.45, 7) is -5.60. The first kappa shape index (κ1) is 40.9. The van der Waals surface area contributed by atoms with E-state index in [1.165, 1.54) is 0 Å².